The zero-order chi connectivity index (χ0) is 16.6. The fourth-order valence-electron chi connectivity index (χ4n) is 2.92. The van der Waals surface area contributed by atoms with Gasteiger partial charge in [0.25, 0.3) is 0 Å². The van der Waals surface area contributed by atoms with Gasteiger partial charge in [-0.25, -0.2) is 9.78 Å². The number of hydrogen-bond acceptors (Lipinski definition) is 5. The number of halogens is 1. The lowest BCUT2D eigenvalue weighted by molar-refractivity contribution is 0.0210. The fraction of sp³-hybridized carbons (Fsp3) is 0.625. The number of fused-ring (bicyclic) bond motifs is 3. The Kier molecular flexibility index (Phi) is 4.40. The number of ether oxygens (including phenoxy) is 2. The van der Waals surface area contributed by atoms with Crippen molar-refractivity contribution in [3.05, 3.63) is 16.7 Å². The summed E-state index contributed by atoms with van der Waals surface area (Å²) in [6.07, 6.45) is 2.38. The first-order valence-electron chi connectivity index (χ1n) is 7.87. The van der Waals surface area contributed by atoms with Crippen LogP contribution < -0.4 is 9.64 Å². The molecule has 1 saturated heterocycles. The third-order valence-corrected chi connectivity index (χ3v) is 4.57. The number of nitrogens with zero attached hydrogens (tertiary/aromatic N) is 3. The molecule has 7 heteroatoms. The Labute approximate surface area is 144 Å². The van der Waals surface area contributed by atoms with Crippen LogP contribution in [-0.4, -0.2) is 53.9 Å². The number of carbonyl (C=O) groups is 1. The van der Waals surface area contributed by atoms with E-state index >= 15 is 0 Å². The molecule has 1 fully saturated rings. The van der Waals surface area contributed by atoms with Gasteiger partial charge in [-0.05, 0) is 42.8 Å². The SMILES string of the molecule is CC(C)(C)OC(=O)N1CCN2c3nccc(Br)c3OCCC2C1. The van der Waals surface area contributed by atoms with Gasteiger partial charge in [0, 0.05) is 32.3 Å². The second-order valence-corrected chi connectivity index (χ2v) is 7.71. The first-order chi connectivity index (χ1) is 10.8. The maximum atomic E-state index is 12.3. The summed E-state index contributed by atoms with van der Waals surface area (Å²) in [7, 11) is 0. The van der Waals surface area contributed by atoms with Crippen LogP contribution in [0.2, 0.25) is 0 Å². The van der Waals surface area contributed by atoms with Crippen molar-refractivity contribution in [3.63, 3.8) is 0 Å². The van der Waals surface area contributed by atoms with Crippen molar-refractivity contribution >= 4 is 27.8 Å². The number of pyridine rings is 1. The van der Waals surface area contributed by atoms with E-state index in [-0.39, 0.29) is 12.1 Å². The van der Waals surface area contributed by atoms with E-state index in [4.69, 9.17) is 9.47 Å². The molecule has 0 spiro atoms. The topological polar surface area (TPSA) is 54.9 Å². The monoisotopic (exact) mass is 383 g/mol. The van der Waals surface area contributed by atoms with Crippen LogP contribution in [0.3, 0.4) is 0 Å². The summed E-state index contributed by atoms with van der Waals surface area (Å²) in [5.41, 5.74) is -0.472. The van der Waals surface area contributed by atoms with Crippen molar-refractivity contribution in [1.29, 1.82) is 0 Å². The van der Waals surface area contributed by atoms with Crippen LogP contribution in [0.5, 0.6) is 5.75 Å². The Balaban J connectivity index is 1.77. The van der Waals surface area contributed by atoms with Gasteiger partial charge in [0.2, 0.25) is 0 Å². The van der Waals surface area contributed by atoms with Crippen LogP contribution in [0, 0.1) is 0 Å². The number of carbonyl (C=O) groups excluding carboxylic acids is 1. The van der Waals surface area contributed by atoms with Crippen LogP contribution in [-0.2, 0) is 4.74 Å². The Morgan fingerprint density at radius 1 is 1.43 bits per heavy atom. The second kappa shape index (κ2) is 6.19. The first kappa shape index (κ1) is 16.4. The smallest absolute Gasteiger partial charge is 0.410 e. The van der Waals surface area contributed by atoms with Crippen molar-refractivity contribution < 1.29 is 14.3 Å². The van der Waals surface area contributed by atoms with E-state index in [1.165, 1.54) is 0 Å². The van der Waals surface area contributed by atoms with E-state index in [0.29, 0.717) is 19.7 Å². The third-order valence-electron chi connectivity index (χ3n) is 3.94. The highest BCUT2D eigenvalue weighted by Crippen LogP contribution is 2.38. The minimum absolute atomic E-state index is 0.194. The van der Waals surface area contributed by atoms with Gasteiger partial charge in [0.1, 0.15) is 5.60 Å². The van der Waals surface area contributed by atoms with Crippen molar-refractivity contribution in [1.82, 2.24) is 9.88 Å². The average molecular weight is 384 g/mol. The summed E-state index contributed by atoms with van der Waals surface area (Å²) in [4.78, 5) is 20.8. The van der Waals surface area contributed by atoms with E-state index in [2.05, 4.69) is 25.8 Å². The van der Waals surface area contributed by atoms with Gasteiger partial charge in [-0.3, -0.25) is 0 Å². The van der Waals surface area contributed by atoms with E-state index in [1.807, 2.05) is 26.8 Å². The minimum atomic E-state index is -0.472. The molecule has 3 heterocycles. The highest BCUT2D eigenvalue weighted by atomic mass is 79.9. The molecule has 0 radical (unpaired) electrons. The van der Waals surface area contributed by atoms with Crippen LogP contribution in [0.25, 0.3) is 0 Å². The molecule has 2 aliphatic heterocycles. The van der Waals surface area contributed by atoms with Gasteiger partial charge in [0.05, 0.1) is 17.1 Å². The highest BCUT2D eigenvalue weighted by Gasteiger charge is 2.35. The predicted octanol–water partition coefficient (Wildman–Crippen LogP) is 3.05. The molecular formula is C16H22BrN3O3. The van der Waals surface area contributed by atoms with Crippen LogP contribution in [0.4, 0.5) is 10.6 Å². The molecule has 126 valence electrons. The molecular weight excluding hydrogens is 362 g/mol. The quantitative estimate of drug-likeness (QED) is 0.688. The second-order valence-electron chi connectivity index (χ2n) is 6.86. The number of amides is 1. The molecule has 1 amide bonds. The molecule has 0 saturated carbocycles. The number of anilines is 1. The summed E-state index contributed by atoms with van der Waals surface area (Å²) in [6, 6.07) is 2.08. The molecule has 1 unspecified atom stereocenters. The zero-order valence-corrected chi connectivity index (χ0v) is 15.3. The van der Waals surface area contributed by atoms with Crippen molar-refractivity contribution in [2.24, 2.45) is 0 Å². The molecule has 1 aromatic heterocycles. The van der Waals surface area contributed by atoms with Gasteiger partial charge in [-0.15, -0.1) is 0 Å². The summed E-state index contributed by atoms with van der Waals surface area (Å²) in [5, 5.41) is 0. The first-order valence-corrected chi connectivity index (χ1v) is 8.66. The highest BCUT2D eigenvalue weighted by molar-refractivity contribution is 9.10. The maximum absolute atomic E-state index is 12.3. The normalized spacial score (nSPS) is 21.0. The Hall–Kier alpha value is -1.50. The predicted molar refractivity (Wildman–Crippen MR) is 91.0 cm³/mol. The Morgan fingerprint density at radius 3 is 2.96 bits per heavy atom. The Bertz CT molecular complexity index is 603. The largest absolute Gasteiger partial charge is 0.488 e. The van der Waals surface area contributed by atoms with Crippen LogP contribution in [0.1, 0.15) is 27.2 Å². The van der Waals surface area contributed by atoms with Crippen molar-refractivity contribution in [2.75, 3.05) is 31.1 Å². The van der Waals surface area contributed by atoms with E-state index < -0.39 is 5.60 Å². The summed E-state index contributed by atoms with van der Waals surface area (Å²) >= 11 is 3.53. The lowest BCUT2D eigenvalue weighted by atomic mass is 10.1. The third kappa shape index (κ3) is 3.54. The van der Waals surface area contributed by atoms with E-state index in [1.54, 1.807) is 11.1 Å². The van der Waals surface area contributed by atoms with Gasteiger partial charge in [-0.1, -0.05) is 0 Å². The van der Waals surface area contributed by atoms with Gasteiger partial charge >= 0.3 is 6.09 Å². The lowest BCUT2D eigenvalue weighted by Gasteiger charge is -2.41. The average Bonchev–Trinajstić information content (AvgIpc) is 2.65. The van der Waals surface area contributed by atoms with E-state index in [0.717, 1.165) is 29.0 Å². The summed E-state index contributed by atoms with van der Waals surface area (Å²) in [5.74, 6) is 1.64. The molecule has 0 bridgehead atoms. The molecule has 3 rings (SSSR count). The number of rotatable bonds is 0. The van der Waals surface area contributed by atoms with E-state index in [9.17, 15) is 4.79 Å². The molecule has 2 aliphatic rings. The standard InChI is InChI=1S/C16H22BrN3O3/c1-16(2,3)23-15(21)19-7-8-20-11(10-19)5-9-22-13-12(17)4-6-18-14(13)20/h4,6,11H,5,7-10H2,1-3H3. The Morgan fingerprint density at radius 2 is 2.22 bits per heavy atom. The van der Waals surface area contributed by atoms with Crippen LogP contribution >= 0.6 is 15.9 Å². The minimum Gasteiger partial charge on any atom is -0.488 e. The number of aromatic nitrogens is 1. The molecule has 0 aliphatic carbocycles. The molecule has 1 atom stereocenters. The van der Waals surface area contributed by atoms with Gasteiger partial charge < -0.3 is 19.3 Å². The molecule has 0 aromatic carbocycles. The molecule has 0 N–H and O–H groups in total. The zero-order valence-electron chi connectivity index (χ0n) is 13.7. The molecule has 1 aromatic rings. The number of hydrogen-bond donors (Lipinski definition) is 0. The fourth-order valence-corrected chi connectivity index (χ4v) is 3.33. The summed E-state index contributed by atoms with van der Waals surface area (Å²) < 4.78 is 12.3. The lowest BCUT2D eigenvalue weighted by Crippen LogP contribution is -2.55. The maximum Gasteiger partial charge on any atom is 0.410 e. The van der Waals surface area contributed by atoms with Crippen molar-refractivity contribution in [3.8, 4) is 5.75 Å². The molecule has 6 nitrogen and oxygen atoms in total. The van der Waals surface area contributed by atoms with Gasteiger partial charge in [-0.2, -0.15) is 0 Å². The number of piperazine rings is 1. The van der Waals surface area contributed by atoms with Crippen molar-refractivity contribution in [2.45, 2.75) is 38.8 Å². The van der Waals surface area contributed by atoms with Gasteiger partial charge in [0.15, 0.2) is 11.6 Å². The molecule has 23 heavy (non-hydrogen) atoms. The van der Waals surface area contributed by atoms with Crippen LogP contribution in [0.15, 0.2) is 16.7 Å². The summed E-state index contributed by atoms with van der Waals surface area (Å²) in [6.45, 7) is 8.25.